The third-order valence-electron chi connectivity index (χ3n) is 3.74. The summed E-state index contributed by atoms with van der Waals surface area (Å²) in [6, 6.07) is 20.5. The van der Waals surface area contributed by atoms with E-state index in [4.69, 9.17) is 17.3 Å². The summed E-state index contributed by atoms with van der Waals surface area (Å²) >= 11 is 5.53. The molecule has 0 saturated heterocycles. The molecule has 0 saturated carbocycles. The Bertz CT molecular complexity index is 821. The lowest BCUT2D eigenvalue weighted by Crippen LogP contribution is -2.22. The average Bonchev–Trinajstić information content (AvgIpc) is 2.85. The van der Waals surface area contributed by atoms with Crippen molar-refractivity contribution < 1.29 is 0 Å². The Morgan fingerprint density at radius 1 is 1.00 bits per heavy atom. The molecule has 0 radical (unpaired) electrons. The van der Waals surface area contributed by atoms with Gasteiger partial charge in [0.2, 0.25) is 0 Å². The second-order valence-corrected chi connectivity index (χ2v) is 6.04. The third-order valence-corrected chi connectivity index (χ3v) is 4.23. The highest BCUT2D eigenvalue weighted by atomic mass is 32.1. The first kappa shape index (κ1) is 15.6. The standard InChI is InChI=1S/C18H20N4S/c1-20(13-15-9-5-3-6-10-15)14-22-18(23)21(2)17(19-22)16-11-7-4-8-12-16/h3-12H,13-14H2,1-2H3. The SMILES string of the molecule is CN(Cc1ccccc1)Cn1nc(-c2ccccc2)n(C)c1=S. The van der Waals surface area contributed by atoms with Gasteiger partial charge in [-0.3, -0.25) is 4.90 Å². The van der Waals surface area contributed by atoms with Crippen molar-refractivity contribution in [1.82, 2.24) is 19.2 Å². The molecular formula is C18H20N4S. The van der Waals surface area contributed by atoms with E-state index in [1.807, 2.05) is 40.6 Å². The molecule has 2 aromatic carbocycles. The van der Waals surface area contributed by atoms with Gasteiger partial charge in [0, 0.05) is 19.2 Å². The molecule has 0 bridgehead atoms. The fourth-order valence-electron chi connectivity index (χ4n) is 2.59. The maximum Gasteiger partial charge on any atom is 0.199 e. The van der Waals surface area contributed by atoms with Gasteiger partial charge in [0.05, 0.1) is 6.67 Å². The second-order valence-electron chi connectivity index (χ2n) is 5.67. The molecule has 1 heterocycles. The van der Waals surface area contributed by atoms with Gasteiger partial charge in [0.1, 0.15) is 0 Å². The largest absolute Gasteiger partial charge is 0.303 e. The molecular weight excluding hydrogens is 304 g/mol. The van der Waals surface area contributed by atoms with Crippen LogP contribution in [0.3, 0.4) is 0 Å². The van der Waals surface area contributed by atoms with E-state index in [0.717, 1.165) is 22.7 Å². The predicted octanol–water partition coefficient (Wildman–Crippen LogP) is 3.71. The van der Waals surface area contributed by atoms with Crippen LogP contribution < -0.4 is 0 Å². The van der Waals surface area contributed by atoms with Crippen LogP contribution in [0.25, 0.3) is 11.4 Å². The molecule has 1 aromatic heterocycles. The van der Waals surface area contributed by atoms with Crippen molar-refractivity contribution in [2.24, 2.45) is 7.05 Å². The molecule has 0 aliphatic heterocycles. The summed E-state index contributed by atoms with van der Waals surface area (Å²) in [6.45, 7) is 1.52. The Morgan fingerprint density at radius 3 is 2.26 bits per heavy atom. The van der Waals surface area contributed by atoms with Crippen molar-refractivity contribution in [3.05, 3.63) is 71.0 Å². The minimum absolute atomic E-state index is 0.661. The van der Waals surface area contributed by atoms with Crippen LogP contribution in [0.5, 0.6) is 0 Å². The van der Waals surface area contributed by atoms with Gasteiger partial charge < -0.3 is 4.57 Å². The molecule has 5 heteroatoms. The van der Waals surface area contributed by atoms with E-state index in [0.29, 0.717) is 6.67 Å². The van der Waals surface area contributed by atoms with Crippen molar-refractivity contribution in [2.75, 3.05) is 7.05 Å². The topological polar surface area (TPSA) is 26.0 Å². The summed E-state index contributed by atoms with van der Waals surface area (Å²) in [5.74, 6) is 0.892. The molecule has 23 heavy (non-hydrogen) atoms. The molecule has 4 nitrogen and oxygen atoms in total. The van der Waals surface area contributed by atoms with Crippen LogP contribution in [0.1, 0.15) is 5.56 Å². The first-order chi connectivity index (χ1) is 11.1. The summed E-state index contributed by atoms with van der Waals surface area (Å²) in [5.41, 5.74) is 2.35. The highest BCUT2D eigenvalue weighted by Crippen LogP contribution is 2.17. The van der Waals surface area contributed by atoms with Crippen molar-refractivity contribution in [3.8, 4) is 11.4 Å². The predicted molar refractivity (Wildman–Crippen MR) is 95.4 cm³/mol. The Balaban J connectivity index is 1.80. The van der Waals surface area contributed by atoms with Crippen molar-refractivity contribution in [3.63, 3.8) is 0 Å². The molecule has 0 unspecified atom stereocenters. The molecule has 0 amide bonds. The average molecular weight is 324 g/mol. The molecule has 0 N–H and O–H groups in total. The lowest BCUT2D eigenvalue weighted by Gasteiger charge is -2.16. The number of nitrogens with zero attached hydrogens (tertiary/aromatic N) is 4. The summed E-state index contributed by atoms with van der Waals surface area (Å²) in [7, 11) is 4.04. The van der Waals surface area contributed by atoms with Crippen LogP contribution in [0.15, 0.2) is 60.7 Å². The molecule has 3 rings (SSSR count). The molecule has 0 aliphatic rings. The Labute approximate surface area is 141 Å². The minimum Gasteiger partial charge on any atom is -0.303 e. The fourth-order valence-corrected chi connectivity index (χ4v) is 2.78. The number of benzene rings is 2. The number of hydrogen-bond donors (Lipinski definition) is 0. The maximum absolute atomic E-state index is 5.53. The lowest BCUT2D eigenvalue weighted by molar-refractivity contribution is 0.244. The van der Waals surface area contributed by atoms with Crippen LogP contribution in [0.2, 0.25) is 0 Å². The zero-order chi connectivity index (χ0) is 16.2. The Kier molecular flexibility index (Phi) is 4.69. The van der Waals surface area contributed by atoms with Gasteiger partial charge in [0.15, 0.2) is 10.6 Å². The van der Waals surface area contributed by atoms with Gasteiger partial charge in [-0.15, -0.1) is 0 Å². The van der Waals surface area contributed by atoms with Gasteiger partial charge in [-0.05, 0) is 24.8 Å². The summed E-state index contributed by atoms with van der Waals surface area (Å²) in [5, 5.41) is 4.69. The Morgan fingerprint density at radius 2 is 1.61 bits per heavy atom. The van der Waals surface area contributed by atoms with E-state index in [9.17, 15) is 0 Å². The van der Waals surface area contributed by atoms with Crippen LogP contribution in [-0.2, 0) is 20.3 Å². The first-order valence-electron chi connectivity index (χ1n) is 7.57. The summed E-state index contributed by atoms with van der Waals surface area (Å²) < 4.78 is 4.56. The van der Waals surface area contributed by atoms with Crippen molar-refractivity contribution in [2.45, 2.75) is 13.2 Å². The van der Waals surface area contributed by atoms with Crippen molar-refractivity contribution >= 4 is 12.2 Å². The molecule has 118 valence electrons. The van der Waals surface area contributed by atoms with E-state index in [1.165, 1.54) is 5.56 Å². The quantitative estimate of drug-likeness (QED) is 0.669. The van der Waals surface area contributed by atoms with Crippen LogP contribution >= 0.6 is 12.2 Å². The van der Waals surface area contributed by atoms with E-state index in [-0.39, 0.29) is 0 Å². The van der Waals surface area contributed by atoms with Crippen LogP contribution in [-0.4, -0.2) is 26.3 Å². The zero-order valence-corrected chi connectivity index (χ0v) is 14.2. The van der Waals surface area contributed by atoms with Gasteiger partial charge in [-0.25, -0.2) is 4.68 Å². The normalized spacial score (nSPS) is 11.1. The third kappa shape index (κ3) is 3.57. The van der Waals surface area contributed by atoms with E-state index >= 15 is 0 Å². The van der Waals surface area contributed by atoms with Gasteiger partial charge >= 0.3 is 0 Å². The second kappa shape index (κ2) is 6.89. The fraction of sp³-hybridized carbons (Fsp3) is 0.222. The number of aromatic nitrogens is 3. The highest BCUT2D eigenvalue weighted by molar-refractivity contribution is 7.71. The van der Waals surface area contributed by atoms with E-state index in [2.05, 4.69) is 48.3 Å². The zero-order valence-electron chi connectivity index (χ0n) is 13.4. The maximum atomic E-state index is 5.53. The smallest absolute Gasteiger partial charge is 0.199 e. The number of hydrogen-bond acceptors (Lipinski definition) is 3. The minimum atomic E-state index is 0.661. The van der Waals surface area contributed by atoms with Crippen LogP contribution in [0.4, 0.5) is 0 Å². The van der Waals surface area contributed by atoms with Crippen molar-refractivity contribution in [1.29, 1.82) is 0 Å². The monoisotopic (exact) mass is 324 g/mol. The first-order valence-corrected chi connectivity index (χ1v) is 7.97. The highest BCUT2D eigenvalue weighted by Gasteiger charge is 2.11. The van der Waals surface area contributed by atoms with Crippen LogP contribution in [0, 0.1) is 4.77 Å². The Hall–Kier alpha value is -2.24. The molecule has 0 spiro atoms. The van der Waals surface area contributed by atoms with Gasteiger partial charge in [0.25, 0.3) is 0 Å². The molecule has 0 atom stereocenters. The summed E-state index contributed by atoms with van der Waals surface area (Å²) in [4.78, 5) is 2.20. The van der Waals surface area contributed by atoms with Gasteiger partial charge in [-0.2, -0.15) is 5.10 Å². The lowest BCUT2D eigenvalue weighted by atomic mass is 10.2. The van der Waals surface area contributed by atoms with Gasteiger partial charge in [-0.1, -0.05) is 60.7 Å². The summed E-state index contributed by atoms with van der Waals surface area (Å²) in [6.07, 6.45) is 0. The molecule has 3 aromatic rings. The molecule has 0 fully saturated rings. The van der Waals surface area contributed by atoms with E-state index < -0.39 is 0 Å². The molecule has 0 aliphatic carbocycles. The number of rotatable bonds is 5. The van der Waals surface area contributed by atoms with E-state index in [1.54, 1.807) is 0 Å².